The van der Waals surface area contributed by atoms with E-state index in [0.717, 1.165) is 10.2 Å². The molecule has 112 valence electrons. The van der Waals surface area contributed by atoms with Gasteiger partial charge in [0.25, 0.3) is 0 Å². The molecule has 1 atom stereocenters. The average molecular weight is 306 g/mol. The van der Waals surface area contributed by atoms with E-state index in [1.54, 1.807) is 29.0 Å². The zero-order valence-corrected chi connectivity index (χ0v) is 12.7. The number of nitrogens with one attached hydrogen (secondary N) is 2. The fraction of sp³-hybridized carbons (Fsp3) is 0.357. The zero-order valence-electron chi connectivity index (χ0n) is 11.9. The van der Waals surface area contributed by atoms with Crippen LogP contribution in [0.2, 0.25) is 0 Å². The van der Waals surface area contributed by atoms with Gasteiger partial charge in [-0.2, -0.15) is 0 Å². The van der Waals surface area contributed by atoms with Crippen LogP contribution in [0, 0.1) is 5.92 Å². The lowest BCUT2D eigenvalue weighted by Gasteiger charge is -2.15. The maximum atomic E-state index is 11.8. The molecule has 1 aromatic carbocycles. The molecule has 0 radical (unpaired) electrons. The second kappa shape index (κ2) is 6.64. The van der Waals surface area contributed by atoms with E-state index >= 15 is 0 Å². The molecular weight excluding hydrogens is 288 g/mol. The molecule has 0 saturated heterocycles. The quantitative estimate of drug-likeness (QED) is 0.776. The van der Waals surface area contributed by atoms with Crippen molar-refractivity contribution in [3.05, 3.63) is 23.7 Å². The van der Waals surface area contributed by atoms with Gasteiger partial charge in [-0.25, -0.2) is 4.98 Å². The number of amides is 2. The van der Waals surface area contributed by atoms with Gasteiger partial charge in [0.2, 0.25) is 11.8 Å². The molecular formula is C14H18N4O2S. The smallest absolute Gasteiger partial charge is 0.243 e. The standard InChI is InChI=1S/C14H18N4O2S/c1-8(2)13(15)14(20)16-6-12(19)18-9-3-4-11-10(5-9)17-7-21-11/h3-5,7-8,13H,6,15H2,1-2H3,(H,16,20)(H,18,19)/t13-/m0/s1. The summed E-state index contributed by atoms with van der Waals surface area (Å²) >= 11 is 1.54. The number of benzene rings is 1. The number of anilines is 1. The number of hydrogen-bond donors (Lipinski definition) is 3. The predicted molar refractivity (Wildman–Crippen MR) is 84.1 cm³/mol. The van der Waals surface area contributed by atoms with Crippen LogP contribution in [0.4, 0.5) is 5.69 Å². The molecule has 21 heavy (non-hydrogen) atoms. The van der Waals surface area contributed by atoms with Gasteiger partial charge in [0.05, 0.1) is 28.3 Å². The van der Waals surface area contributed by atoms with Crippen LogP contribution in [0.15, 0.2) is 23.7 Å². The van der Waals surface area contributed by atoms with Gasteiger partial charge in [0.1, 0.15) is 0 Å². The fourth-order valence-corrected chi connectivity index (χ4v) is 2.39. The van der Waals surface area contributed by atoms with Crippen LogP contribution in [0.1, 0.15) is 13.8 Å². The number of hydrogen-bond acceptors (Lipinski definition) is 5. The largest absolute Gasteiger partial charge is 0.346 e. The number of carbonyl (C=O) groups is 2. The van der Waals surface area contributed by atoms with Crippen molar-refractivity contribution in [1.29, 1.82) is 0 Å². The van der Waals surface area contributed by atoms with E-state index in [4.69, 9.17) is 5.73 Å². The van der Waals surface area contributed by atoms with Crippen molar-refractivity contribution >= 4 is 39.1 Å². The van der Waals surface area contributed by atoms with Crippen molar-refractivity contribution < 1.29 is 9.59 Å². The first-order valence-electron chi connectivity index (χ1n) is 6.64. The lowest BCUT2D eigenvalue weighted by molar-refractivity contribution is -0.125. The van der Waals surface area contributed by atoms with Crippen LogP contribution in [0.25, 0.3) is 10.2 Å². The third-order valence-electron chi connectivity index (χ3n) is 3.06. The molecule has 0 saturated carbocycles. The molecule has 2 aromatic rings. The van der Waals surface area contributed by atoms with E-state index < -0.39 is 6.04 Å². The van der Waals surface area contributed by atoms with Gasteiger partial charge >= 0.3 is 0 Å². The average Bonchev–Trinajstić information content (AvgIpc) is 2.91. The Labute approximate surface area is 126 Å². The highest BCUT2D eigenvalue weighted by Gasteiger charge is 2.17. The molecule has 0 bridgehead atoms. The summed E-state index contributed by atoms with van der Waals surface area (Å²) in [5, 5.41) is 5.24. The van der Waals surface area contributed by atoms with Crippen molar-refractivity contribution in [3.8, 4) is 0 Å². The van der Waals surface area contributed by atoms with E-state index in [-0.39, 0.29) is 24.3 Å². The molecule has 0 fully saturated rings. The van der Waals surface area contributed by atoms with Crippen molar-refractivity contribution in [2.45, 2.75) is 19.9 Å². The summed E-state index contributed by atoms with van der Waals surface area (Å²) in [6, 6.07) is 4.89. The lowest BCUT2D eigenvalue weighted by Crippen LogP contribution is -2.46. The summed E-state index contributed by atoms with van der Waals surface area (Å²) in [5.41, 5.74) is 8.94. The van der Waals surface area contributed by atoms with Crippen molar-refractivity contribution in [3.63, 3.8) is 0 Å². The summed E-state index contributed by atoms with van der Waals surface area (Å²) in [6.45, 7) is 3.61. The van der Waals surface area contributed by atoms with Gasteiger partial charge in [-0.05, 0) is 24.1 Å². The van der Waals surface area contributed by atoms with Gasteiger partial charge in [0.15, 0.2) is 0 Å². The first-order chi connectivity index (χ1) is 9.97. The molecule has 0 unspecified atom stereocenters. The summed E-state index contributed by atoms with van der Waals surface area (Å²) in [4.78, 5) is 27.6. The topological polar surface area (TPSA) is 97.1 Å². The van der Waals surface area contributed by atoms with Crippen molar-refractivity contribution in [1.82, 2.24) is 10.3 Å². The molecule has 0 spiro atoms. The number of carbonyl (C=O) groups excluding carboxylic acids is 2. The molecule has 4 N–H and O–H groups in total. The summed E-state index contributed by atoms with van der Waals surface area (Å²) in [5.74, 6) is -0.593. The molecule has 1 heterocycles. The van der Waals surface area contributed by atoms with Crippen LogP contribution in [-0.4, -0.2) is 29.4 Å². The van der Waals surface area contributed by atoms with Crippen LogP contribution in [-0.2, 0) is 9.59 Å². The second-order valence-corrected chi connectivity index (χ2v) is 5.96. The van der Waals surface area contributed by atoms with E-state index in [1.807, 2.05) is 19.9 Å². The minimum absolute atomic E-state index is 0.0279. The monoisotopic (exact) mass is 306 g/mol. The maximum absolute atomic E-state index is 11.8. The highest BCUT2D eigenvalue weighted by Crippen LogP contribution is 2.21. The molecule has 2 rings (SSSR count). The van der Waals surface area contributed by atoms with Crippen LogP contribution in [0.3, 0.4) is 0 Å². The highest BCUT2D eigenvalue weighted by molar-refractivity contribution is 7.16. The summed E-state index contributed by atoms with van der Waals surface area (Å²) < 4.78 is 1.06. The van der Waals surface area contributed by atoms with Crippen LogP contribution >= 0.6 is 11.3 Å². The van der Waals surface area contributed by atoms with Gasteiger partial charge < -0.3 is 16.4 Å². The van der Waals surface area contributed by atoms with Gasteiger partial charge in [-0.3, -0.25) is 9.59 Å². The number of fused-ring (bicyclic) bond motifs is 1. The summed E-state index contributed by atoms with van der Waals surface area (Å²) in [7, 11) is 0. The Bertz CT molecular complexity index is 653. The lowest BCUT2D eigenvalue weighted by atomic mass is 10.1. The normalized spacial score (nSPS) is 12.4. The van der Waals surface area contributed by atoms with E-state index in [2.05, 4.69) is 15.6 Å². The zero-order chi connectivity index (χ0) is 15.4. The molecule has 0 aliphatic carbocycles. The van der Waals surface area contributed by atoms with Crippen LogP contribution in [0.5, 0.6) is 0 Å². The van der Waals surface area contributed by atoms with Gasteiger partial charge in [0, 0.05) is 5.69 Å². The Morgan fingerprint density at radius 3 is 2.86 bits per heavy atom. The molecule has 0 aliphatic heterocycles. The third-order valence-corrected chi connectivity index (χ3v) is 3.87. The van der Waals surface area contributed by atoms with Crippen molar-refractivity contribution in [2.75, 3.05) is 11.9 Å². The Morgan fingerprint density at radius 2 is 2.14 bits per heavy atom. The number of nitrogens with two attached hydrogens (primary N) is 1. The fourth-order valence-electron chi connectivity index (χ4n) is 1.73. The Hall–Kier alpha value is -1.99. The highest BCUT2D eigenvalue weighted by atomic mass is 32.1. The minimum atomic E-state index is -0.607. The number of aromatic nitrogens is 1. The Morgan fingerprint density at radius 1 is 1.38 bits per heavy atom. The maximum Gasteiger partial charge on any atom is 0.243 e. The van der Waals surface area contributed by atoms with Crippen molar-refractivity contribution in [2.24, 2.45) is 11.7 Å². The number of nitrogens with zero attached hydrogens (tertiary/aromatic N) is 1. The number of thiazole rings is 1. The van der Waals surface area contributed by atoms with Crippen LogP contribution < -0.4 is 16.4 Å². The molecule has 0 aliphatic rings. The van der Waals surface area contributed by atoms with Gasteiger partial charge in [-0.1, -0.05) is 13.8 Å². The third kappa shape index (κ3) is 3.99. The molecule has 7 heteroatoms. The first-order valence-corrected chi connectivity index (χ1v) is 7.51. The van der Waals surface area contributed by atoms with E-state index in [1.165, 1.54) is 0 Å². The second-order valence-electron chi connectivity index (χ2n) is 5.07. The predicted octanol–water partition coefficient (Wildman–Crippen LogP) is 1.33. The SMILES string of the molecule is CC(C)[C@H](N)C(=O)NCC(=O)Nc1ccc2scnc2c1. The first kappa shape index (κ1) is 15.4. The summed E-state index contributed by atoms with van der Waals surface area (Å²) in [6.07, 6.45) is 0. The van der Waals surface area contributed by atoms with Gasteiger partial charge in [-0.15, -0.1) is 11.3 Å². The Kier molecular flexibility index (Phi) is 4.87. The van der Waals surface area contributed by atoms with E-state index in [9.17, 15) is 9.59 Å². The van der Waals surface area contributed by atoms with E-state index in [0.29, 0.717) is 5.69 Å². The Balaban J connectivity index is 1.88. The molecule has 1 aromatic heterocycles. The number of rotatable bonds is 5. The minimum Gasteiger partial charge on any atom is -0.346 e. The molecule has 2 amide bonds. The molecule has 6 nitrogen and oxygen atoms in total.